The molecule has 9 heteroatoms. The number of carbonyl (C=O) groups excluding carboxylic acids is 4. The van der Waals surface area contributed by atoms with E-state index in [9.17, 15) is 19.2 Å². The van der Waals surface area contributed by atoms with E-state index in [1.54, 1.807) is 55.5 Å². The highest BCUT2D eigenvalue weighted by Gasteiger charge is 2.36. The zero-order valence-corrected chi connectivity index (χ0v) is 17.5. The molecule has 0 unspecified atom stereocenters. The van der Waals surface area contributed by atoms with Gasteiger partial charge >= 0.3 is 12.0 Å². The Kier molecular flexibility index (Phi) is 6.63. The van der Waals surface area contributed by atoms with Crippen LogP contribution < -0.4 is 15.0 Å². The summed E-state index contributed by atoms with van der Waals surface area (Å²) < 4.78 is 10.9. The first kappa shape index (κ1) is 21.3. The minimum absolute atomic E-state index is 0.183. The second-order valence-corrected chi connectivity index (χ2v) is 7.01. The van der Waals surface area contributed by atoms with E-state index >= 15 is 0 Å². The zero-order valence-electron chi connectivity index (χ0n) is 15.9. The molecule has 4 amide bonds. The topological polar surface area (TPSA) is 102 Å². The van der Waals surface area contributed by atoms with Gasteiger partial charge in [-0.15, -0.1) is 0 Å². The smallest absolute Gasteiger partial charge is 0.344 e. The van der Waals surface area contributed by atoms with Crippen molar-refractivity contribution in [2.24, 2.45) is 0 Å². The van der Waals surface area contributed by atoms with Crippen molar-refractivity contribution >= 4 is 51.5 Å². The number of urea groups is 1. The lowest BCUT2D eigenvalue weighted by Gasteiger charge is -2.26. The van der Waals surface area contributed by atoms with Crippen LogP contribution in [0.15, 0.2) is 58.6 Å². The molecule has 1 saturated heterocycles. The van der Waals surface area contributed by atoms with Crippen LogP contribution in [0.3, 0.4) is 0 Å². The number of anilines is 1. The fourth-order valence-corrected chi connectivity index (χ4v) is 2.92. The van der Waals surface area contributed by atoms with Crippen molar-refractivity contribution in [3.05, 3.63) is 64.1 Å². The lowest BCUT2D eigenvalue weighted by molar-refractivity contribution is -0.145. The van der Waals surface area contributed by atoms with Gasteiger partial charge in [0.25, 0.3) is 11.8 Å². The minimum Gasteiger partial charge on any atom is -0.482 e. The number of rotatable bonds is 6. The predicted molar refractivity (Wildman–Crippen MR) is 112 cm³/mol. The summed E-state index contributed by atoms with van der Waals surface area (Å²) in [5.41, 5.74) is 0.696. The third-order valence-corrected chi connectivity index (χ3v) is 4.57. The molecule has 154 valence electrons. The molecule has 0 spiro atoms. The van der Waals surface area contributed by atoms with Crippen LogP contribution in [0.25, 0.3) is 6.08 Å². The van der Waals surface area contributed by atoms with Crippen LogP contribution >= 0.6 is 15.9 Å². The molecule has 1 aliphatic heterocycles. The normalized spacial score (nSPS) is 15.2. The first-order chi connectivity index (χ1) is 14.4. The van der Waals surface area contributed by atoms with Gasteiger partial charge in [0.1, 0.15) is 11.3 Å². The maximum atomic E-state index is 12.8. The Morgan fingerprint density at radius 3 is 2.37 bits per heavy atom. The summed E-state index contributed by atoms with van der Waals surface area (Å²) in [6.45, 7) is 1.75. The second kappa shape index (κ2) is 9.36. The van der Waals surface area contributed by atoms with E-state index in [1.807, 2.05) is 0 Å². The van der Waals surface area contributed by atoms with Crippen LogP contribution in [0.4, 0.5) is 10.5 Å². The molecular formula is C21H17BrN2O6. The zero-order chi connectivity index (χ0) is 21.7. The number of imide groups is 2. The largest absolute Gasteiger partial charge is 0.482 e. The van der Waals surface area contributed by atoms with E-state index in [0.717, 1.165) is 9.37 Å². The molecule has 1 heterocycles. The Morgan fingerprint density at radius 2 is 1.73 bits per heavy atom. The Morgan fingerprint density at radius 1 is 1.07 bits per heavy atom. The summed E-state index contributed by atoms with van der Waals surface area (Å²) in [4.78, 5) is 49.5. The van der Waals surface area contributed by atoms with Gasteiger partial charge in [-0.25, -0.2) is 14.5 Å². The number of nitrogens with one attached hydrogen (secondary N) is 1. The number of carbonyl (C=O) groups is 4. The molecule has 0 radical (unpaired) electrons. The second-order valence-electron chi connectivity index (χ2n) is 6.10. The van der Waals surface area contributed by atoms with Crippen molar-refractivity contribution in [3.63, 3.8) is 0 Å². The highest BCUT2D eigenvalue weighted by Crippen LogP contribution is 2.24. The van der Waals surface area contributed by atoms with Crippen LogP contribution in [-0.2, 0) is 19.1 Å². The maximum absolute atomic E-state index is 12.8. The summed E-state index contributed by atoms with van der Waals surface area (Å²) in [6, 6.07) is 12.2. The number of hydrogen-bond donors (Lipinski definition) is 1. The van der Waals surface area contributed by atoms with Crippen LogP contribution in [0.1, 0.15) is 12.5 Å². The average Bonchev–Trinajstić information content (AvgIpc) is 2.72. The van der Waals surface area contributed by atoms with E-state index in [0.29, 0.717) is 17.0 Å². The van der Waals surface area contributed by atoms with Gasteiger partial charge < -0.3 is 9.47 Å². The van der Waals surface area contributed by atoms with Gasteiger partial charge in [-0.2, -0.15) is 0 Å². The number of esters is 1. The first-order valence-corrected chi connectivity index (χ1v) is 9.74. The summed E-state index contributed by atoms with van der Waals surface area (Å²) >= 11 is 3.29. The van der Waals surface area contributed by atoms with Crippen molar-refractivity contribution in [2.75, 3.05) is 18.1 Å². The van der Waals surface area contributed by atoms with Crippen molar-refractivity contribution < 1.29 is 28.7 Å². The molecule has 0 aliphatic carbocycles. The molecule has 0 aromatic heterocycles. The molecule has 1 fully saturated rings. The predicted octanol–water partition coefficient (Wildman–Crippen LogP) is 3.06. The summed E-state index contributed by atoms with van der Waals surface area (Å²) in [6.07, 6.45) is 1.38. The van der Waals surface area contributed by atoms with Gasteiger partial charge in [0, 0.05) is 4.47 Å². The van der Waals surface area contributed by atoms with Crippen molar-refractivity contribution in [1.29, 1.82) is 0 Å². The van der Waals surface area contributed by atoms with Crippen molar-refractivity contribution in [2.45, 2.75) is 6.92 Å². The Hall–Kier alpha value is -3.46. The van der Waals surface area contributed by atoms with Gasteiger partial charge in [-0.3, -0.25) is 14.9 Å². The molecule has 2 aromatic rings. The molecule has 3 rings (SSSR count). The summed E-state index contributed by atoms with van der Waals surface area (Å²) in [7, 11) is 0. The summed E-state index contributed by atoms with van der Waals surface area (Å²) in [5.74, 6) is -1.56. The minimum atomic E-state index is -0.813. The number of hydrogen-bond acceptors (Lipinski definition) is 6. The number of barbiturate groups is 1. The third kappa shape index (κ3) is 4.93. The average molecular weight is 473 g/mol. The fraction of sp³-hybridized carbons (Fsp3) is 0.143. The number of nitrogens with zero attached hydrogens (tertiary/aromatic N) is 1. The van der Waals surface area contributed by atoms with Gasteiger partial charge in [0.15, 0.2) is 6.61 Å². The SMILES string of the molecule is CCOC(=O)COc1ccc(/C=C2\C(=O)NC(=O)N(c3ccc(Br)cc3)C2=O)cc1. The Balaban J connectivity index is 1.78. The lowest BCUT2D eigenvalue weighted by atomic mass is 10.1. The van der Waals surface area contributed by atoms with Crippen LogP contribution in [0, 0.1) is 0 Å². The maximum Gasteiger partial charge on any atom is 0.344 e. The van der Waals surface area contributed by atoms with Gasteiger partial charge in [-0.05, 0) is 55.0 Å². The van der Waals surface area contributed by atoms with Gasteiger partial charge in [-0.1, -0.05) is 28.1 Å². The van der Waals surface area contributed by atoms with Crippen LogP contribution in [0.2, 0.25) is 0 Å². The molecule has 1 N–H and O–H groups in total. The van der Waals surface area contributed by atoms with Crippen molar-refractivity contribution in [3.8, 4) is 5.75 Å². The van der Waals surface area contributed by atoms with Gasteiger partial charge in [0.05, 0.1) is 12.3 Å². The van der Waals surface area contributed by atoms with E-state index in [4.69, 9.17) is 9.47 Å². The van der Waals surface area contributed by atoms with E-state index in [-0.39, 0.29) is 18.8 Å². The third-order valence-electron chi connectivity index (χ3n) is 4.04. The number of amides is 4. The Labute approximate surface area is 180 Å². The molecule has 8 nitrogen and oxygen atoms in total. The highest BCUT2D eigenvalue weighted by molar-refractivity contribution is 9.10. The molecule has 30 heavy (non-hydrogen) atoms. The van der Waals surface area contributed by atoms with E-state index in [2.05, 4.69) is 21.2 Å². The number of benzene rings is 2. The van der Waals surface area contributed by atoms with E-state index in [1.165, 1.54) is 6.08 Å². The van der Waals surface area contributed by atoms with Crippen LogP contribution in [0.5, 0.6) is 5.75 Å². The Bertz CT molecular complexity index is 1010. The lowest BCUT2D eigenvalue weighted by Crippen LogP contribution is -2.54. The molecule has 1 aliphatic rings. The standard InChI is InChI=1S/C21H17BrN2O6/c1-2-29-18(25)12-30-16-9-3-13(4-10-16)11-17-19(26)23-21(28)24(20(17)27)15-7-5-14(22)6-8-15/h3-11H,2,12H2,1H3,(H,23,26,28)/b17-11+. The summed E-state index contributed by atoms with van der Waals surface area (Å²) in [5, 5.41) is 2.17. The quantitative estimate of drug-likeness (QED) is 0.393. The van der Waals surface area contributed by atoms with E-state index < -0.39 is 23.8 Å². The molecular weight excluding hydrogens is 456 g/mol. The number of halogens is 1. The van der Waals surface area contributed by atoms with Crippen molar-refractivity contribution in [1.82, 2.24) is 5.32 Å². The monoisotopic (exact) mass is 472 g/mol. The molecule has 0 bridgehead atoms. The van der Waals surface area contributed by atoms with Gasteiger partial charge in [0.2, 0.25) is 0 Å². The van der Waals surface area contributed by atoms with Crippen LogP contribution in [-0.4, -0.2) is 37.0 Å². The first-order valence-electron chi connectivity index (χ1n) is 8.94. The molecule has 2 aromatic carbocycles. The molecule has 0 atom stereocenters. The number of ether oxygens (including phenoxy) is 2. The fourth-order valence-electron chi connectivity index (χ4n) is 2.65. The molecule has 0 saturated carbocycles. The highest BCUT2D eigenvalue weighted by atomic mass is 79.9.